The van der Waals surface area contributed by atoms with E-state index >= 15 is 0 Å². The summed E-state index contributed by atoms with van der Waals surface area (Å²) in [6, 6.07) is 3.21. The first kappa shape index (κ1) is 17.0. The molecule has 3 aromatic rings. The van der Waals surface area contributed by atoms with Crippen LogP contribution >= 0.6 is 0 Å². The van der Waals surface area contributed by atoms with Gasteiger partial charge in [-0.05, 0) is 18.6 Å². The van der Waals surface area contributed by atoms with Crippen molar-refractivity contribution in [2.24, 2.45) is 5.92 Å². The second-order valence-corrected chi connectivity index (χ2v) is 6.16. The lowest BCUT2D eigenvalue weighted by atomic mass is 10.1. The van der Waals surface area contributed by atoms with Crippen molar-refractivity contribution in [3.8, 4) is 0 Å². The molecule has 7 nitrogen and oxygen atoms in total. The second kappa shape index (κ2) is 6.60. The lowest BCUT2D eigenvalue weighted by Crippen LogP contribution is -2.21. The topological polar surface area (TPSA) is 119 Å². The summed E-state index contributed by atoms with van der Waals surface area (Å²) in [6.45, 7) is 3.53. The highest BCUT2D eigenvalue weighted by atomic mass is 16.3. The minimum atomic E-state index is -0.233. The van der Waals surface area contributed by atoms with Crippen LogP contribution in [0.5, 0.6) is 0 Å². The molecule has 0 aliphatic heterocycles. The highest BCUT2D eigenvalue weighted by Gasteiger charge is 2.18. The van der Waals surface area contributed by atoms with Gasteiger partial charge in [-0.3, -0.25) is 20.0 Å². The maximum atomic E-state index is 12.3. The summed E-state index contributed by atoms with van der Waals surface area (Å²) >= 11 is 0. The Labute approximate surface area is 143 Å². The second-order valence-electron chi connectivity index (χ2n) is 6.16. The van der Waals surface area contributed by atoms with E-state index in [9.17, 15) is 9.59 Å². The molecule has 7 heteroatoms. The van der Waals surface area contributed by atoms with Crippen molar-refractivity contribution in [3.05, 3.63) is 29.4 Å². The zero-order valence-corrected chi connectivity index (χ0v) is 14.1. The monoisotopic (exact) mass is 340 g/mol. The van der Waals surface area contributed by atoms with Gasteiger partial charge in [0, 0.05) is 29.3 Å². The summed E-state index contributed by atoms with van der Waals surface area (Å²) in [5.41, 5.74) is 1.88. The smallest absolute Gasteiger partial charge is 0.227 e. The van der Waals surface area contributed by atoms with Gasteiger partial charge in [-0.25, -0.2) is 0 Å². The maximum Gasteiger partial charge on any atom is 0.227 e. The van der Waals surface area contributed by atoms with Gasteiger partial charge in [0.05, 0.1) is 34.4 Å². The number of aliphatic hydroxyl groups is 1. The van der Waals surface area contributed by atoms with Crippen molar-refractivity contribution >= 4 is 39.2 Å². The van der Waals surface area contributed by atoms with Crippen molar-refractivity contribution in [2.45, 2.75) is 26.7 Å². The zero-order valence-electron chi connectivity index (χ0n) is 14.1. The molecule has 0 unspecified atom stereocenters. The fourth-order valence-corrected chi connectivity index (χ4v) is 2.78. The Bertz CT molecular complexity index is 1010. The fraction of sp³-hybridized carbons (Fsp3) is 0.333. The van der Waals surface area contributed by atoms with Crippen LogP contribution in [0.3, 0.4) is 0 Å². The summed E-state index contributed by atoms with van der Waals surface area (Å²) in [5, 5.41) is 21.7. The number of Topliss-reactive ketones (excluding diaryl/α,β-unsaturated/α-hetero) is 1. The van der Waals surface area contributed by atoms with Gasteiger partial charge < -0.3 is 15.4 Å². The predicted octanol–water partition coefficient (Wildman–Crippen LogP) is 2.18. The number of hydrogen-bond donors (Lipinski definition) is 4. The van der Waals surface area contributed by atoms with Crippen LogP contribution in [0.15, 0.2) is 18.3 Å². The van der Waals surface area contributed by atoms with Gasteiger partial charge in [0.15, 0.2) is 5.78 Å². The normalized spacial score (nSPS) is 12.6. The van der Waals surface area contributed by atoms with Crippen molar-refractivity contribution < 1.29 is 14.7 Å². The summed E-state index contributed by atoms with van der Waals surface area (Å²) < 4.78 is 0. The molecular formula is C18H20N4O3. The van der Waals surface area contributed by atoms with Crippen LogP contribution in [0.1, 0.15) is 37.2 Å². The molecule has 0 saturated carbocycles. The Morgan fingerprint density at radius 1 is 1.40 bits per heavy atom. The van der Waals surface area contributed by atoms with Crippen molar-refractivity contribution in [3.63, 3.8) is 0 Å². The molecule has 1 atom stereocenters. The number of ketones is 1. The molecular weight excluding hydrogens is 320 g/mol. The van der Waals surface area contributed by atoms with Gasteiger partial charge >= 0.3 is 0 Å². The van der Waals surface area contributed by atoms with Gasteiger partial charge in [-0.15, -0.1) is 0 Å². The van der Waals surface area contributed by atoms with E-state index in [1.54, 1.807) is 18.3 Å². The number of pyridine rings is 1. The molecule has 0 aliphatic rings. The number of nitrogens with zero attached hydrogens (tertiary/aromatic N) is 1. The Morgan fingerprint density at radius 3 is 2.84 bits per heavy atom. The number of aliphatic hydroxyl groups excluding tert-OH is 1. The number of carbonyl (C=O) groups excluding carboxylic acids is 2. The van der Waals surface area contributed by atoms with Gasteiger partial charge in [0.25, 0.3) is 0 Å². The fourth-order valence-electron chi connectivity index (χ4n) is 2.78. The molecule has 4 N–H and O–H groups in total. The number of nitrogens with one attached hydrogen (secondary N) is 3. The summed E-state index contributed by atoms with van der Waals surface area (Å²) in [6.07, 6.45) is 2.32. The number of amides is 1. The van der Waals surface area contributed by atoms with Crippen LogP contribution in [0.25, 0.3) is 21.8 Å². The van der Waals surface area contributed by atoms with Crippen LogP contribution in [0.4, 0.5) is 5.69 Å². The number of benzene rings is 1. The van der Waals surface area contributed by atoms with Crippen molar-refractivity contribution in [1.82, 2.24) is 9.97 Å². The standard InChI is InChI=1S/C18H20N4O3/c1-3-9(2)18(25)22-13-7-11(19)16-15-10(8-20-16)6-12(21-17(13)15)14(24)4-5-23/h6-9,19,21,23H,3-5H2,1-2H3,(H,22,25)/t9-/m0/s1. The molecule has 0 aliphatic carbocycles. The average molecular weight is 340 g/mol. The van der Waals surface area contributed by atoms with Crippen LogP contribution in [-0.4, -0.2) is 33.4 Å². The number of carbonyl (C=O) groups is 2. The third-order valence-corrected chi connectivity index (χ3v) is 4.44. The van der Waals surface area contributed by atoms with Crippen molar-refractivity contribution in [2.75, 3.05) is 11.9 Å². The van der Waals surface area contributed by atoms with E-state index in [1.165, 1.54) is 0 Å². The molecule has 0 spiro atoms. The quantitative estimate of drug-likeness (QED) is 0.514. The zero-order chi connectivity index (χ0) is 18.1. The number of aromatic amines is 1. The summed E-state index contributed by atoms with van der Waals surface area (Å²) in [5.74, 6) is -0.529. The molecule has 0 radical (unpaired) electrons. The first-order chi connectivity index (χ1) is 12.0. The van der Waals surface area contributed by atoms with Gasteiger partial charge in [-0.2, -0.15) is 0 Å². The lowest BCUT2D eigenvalue weighted by Gasteiger charge is -2.13. The average Bonchev–Trinajstić information content (AvgIpc) is 3.03. The maximum absolute atomic E-state index is 12.3. The van der Waals surface area contributed by atoms with Crippen LogP contribution in [-0.2, 0) is 4.79 Å². The largest absolute Gasteiger partial charge is 0.396 e. The van der Waals surface area contributed by atoms with E-state index < -0.39 is 0 Å². The molecule has 0 saturated heterocycles. The van der Waals surface area contributed by atoms with Gasteiger partial charge in [-0.1, -0.05) is 13.8 Å². The predicted molar refractivity (Wildman–Crippen MR) is 94.8 cm³/mol. The van der Waals surface area contributed by atoms with E-state index in [2.05, 4.69) is 15.3 Å². The van der Waals surface area contributed by atoms with E-state index in [1.807, 2.05) is 13.8 Å². The third-order valence-electron chi connectivity index (χ3n) is 4.44. The molecule has 2 aromatic heterocycles. The Balaban J connectivity index is 2.20. The highest BCUT2D eigenvalue weighted by molar-refractivity contribution is 6.15. The summed E-state index contributed by atoms with van der Waals surface area (Å²) in [7, 11) is 0. The highest BCUT2D eigenvalue weighted by Crippen LogP contribution is 2.29. The van der Waals surface area contributed by atoms with Crippen LogP contribution in [0, 0.1) is 11.3 Å². The lowest BCUT2D eigenvalue weighted by molar-refractivity contribution is -0.119. The molecule has 25 heavy (non-hydrogen) atoms. The van der Waals surface area contributed by atoms with Crippen LogP contribution in [0.2, 0.25) is 0 Å². The number of H-pyrrole nitrogens is 1. The van der Waals surface area contributed by atoms with Gasteiger partial charge in [0.2, 0.25) is 5.91 Å². The summed E-state index contributed by atoms with van der Waals surface area (Å²) in [4.78, 5) is 31.8. The minimum Gasteiger partial charge on any atom is -0.396 e. The van der Waals surface area contributed by atoms with Gasteiger partial charge in [0.1, 0.15) is 0 Å². The SMILES string of the molecule is CC[C@H](C)C(=O)Nc1cc(=N)c2ncc3cc(C(=O)CCO)[nH]c1c32. The number of anilines is 1. The first-order valence-corrected chi connectivity index (χ1v) is 8.23. The van der Waals surface area contributed by atoms with E-state index in [-0.39, 0.29) is 36.0 Å². The molecule has 130 valence electrons. The molecule has 1 amide bonds. The van der Waals surface area contributed by atoms with E-state index in [4.69, 9.17) is 10.5 Å². The van der Waals surface area contributed by atoms with E-state index in [0.29, 0.717) is 34.2 Å². The molecule has 0 bridgehead atoms. The Kier molecular flexibility index (Phi) is 4.50. The third kappa shape index (κ3) is 2.98. The minimum absolute atomic E-state index is 0.0105. The number of aromatic nitrogens is 2. The molecule has 2 heterocycles. The number of rotatable bonds is 6. The van der Waals surface area contributed by atoms with E-state index in [0.717, 1.165) is 5.39 Å². The number of hydrogen-bond acceptors (Lipinski definition) is 5. The molecule has 1 aromatic carbocycles. The molecule has 3 rings (SSSR count). The van der Waals surface area contributed by atoms with Crippen LogP contribution < -0.4 is 10.7 Å². The first-order valence-electron chi connectivity index (χ1n) is 8.23. The Morgan fingerprint density at radius 2 is 2.16 bits per heavy atom. The molecule has 0 fully saturated rings. The Hall–Kier alpha value is -2.80. The van der Waals surface area contributed by atoms with Crippen molar-refractivity contribution in [1.29, 1.82) is 5.41 Å².